The number of halogens is 6. The molecule has 0 saturated carbocycles. The molecule has 1 heterocycles. The molecule has 0 aliphatic carbocycles. The maximum atomic E-state index is 13.2. The van der Waals surface area contributed by atoms with Crippen LogP contribution in [0.25, 0.3) is 0 Å². The normalized spacial score (nSPS) is 20.9. The second kappa shape index (κ2) is 5.28. The predicted molar refractivity (Wildman–Crippen MR) is 66.7 cm³/mol. The summed E-state index contributed by atoms with van der Waals surface area (Å²) in [6.45, 7) is 0.981. The molecule has 0 saturated heterocycles. The first-order valence-electron chi connectivity index (χ1n) is 6.39. The van der Waals surface area contributed by atoms with Crippen LogP contribution in [-0.2, 0) is 11.0 Å². The van der Waals surface area contributed by atoms with Gasteiger partial charge in [0.15, 0.2) is 0 Å². The molecule has 0 aromatic heterocycles. The third-order valence-electron chi connectivity index (χ3n) is 3.51. The Balaban J connectivity index is 2.68. The van der Waals surface area contributed by atoms with E-state index < -0.39 is 58.8 Å². The van der Waals surface area contributed by atoms with Crippen LogP contribution >= 0.6 is 0 Å². The fourth-order valence-corrected chi connectivity index (χ4v) is 2.25. The van der Waals surface area contributed by atoms with E-state index in [9.17, 15) is 35.9 Å². The Kier molecular flexibility index (Phi) is 3.94. The van der Waals surface area contributed by atoms with E-state index in [1.54, 1.807) is 5.32 Å². The number of benzene rings is 1. The molecule has 11 heteroatoms. The van der Waals surface area contributed by atoms with E-state index in [1.165, 1.54) is 0 Å². The molecule has 1 aliphatic heterocycles. The fraction of sp³-hybridized carbons (Fsp3) is 0.385. The summed E-state index contributed by atoms with van der Waals surface area (Å²) in [7, 11) is 0. The highest BCUT2D eigenvalue weighted by Gasteiger charge is 2.63. The van der Waals surface area contributed by atoms with Crippen LogP contribution < -0.4 is 10.1 Å². The number of hydrogen-bond acceptors (Lipinski definition) is 3. The van der Waals surface area contributed by atoms with E-state index in [1.807, 2.05) is 0 Å². The molecule has 0 fully saturated rings. The number of hydrogen-bond donors (Lipinski definition) is 2. The summed E-state index contributed by atoms with van der Waals surface area (Å²) in [5.41, 5.74) is -6.84. The lowest BCUT2D eigenvalue weighted by Crippen LogP contribution is -2.60. The van der Waals surface area contributed by atoms with Crippen molar-refractivity contribution in [1.82, 2.24) is 0 Å². The average Bonchev–Trinajstić information content (AvgIpc) is 2.42. The average molecular weight is 357 g/mol. The Bertz CT molecular complexity index is 712. The molecule has 1 aromatic rings. The van der Waals surface area contributed by atoms with Gasteiger partial charge in [-0.15, -0.1) is 0 Å². The first kappa shape index (κ1) is 17.9. The minimum Gasteiger partial charge on any atom is -0.478 e. The van der Waals surface area contributed by atoms with Crippen molar-refractivity contribution >= 4 is 17.6 Å². The van der Waals surface area contributed by atoms with Gasteiger partial charge in [-0.1, -0.05) is 6.92 Å². The number of carboxylic acid groups (broad SMARTS) is 1. The Morgan fingerprint density at radius 3 is 2.25 bits per heavy atom. The summed E-state index contributed by atoms with van der Waals surface area (Å²) in [6, 6.07) is 0.544. The highest BCUT2D eigenvalue weighted by molar-refractivity contribution is 6.03. The van der Waals surface area contributed by atoms with Gasteiger partial charge in [0.2, 0.25) is 0 Å². The second-order valence-corrected chi connectivity index (χ2v) is 4.93. The zero-order chi connectivity index (χ0) is 18.5. The molecule has 0 spiro atoms. The standard InChI is InChI=1S/C13H9F6NO4/c1-2-11(13(17,18)19)10(23)20-7-3-5(9(21)22)6(12(14,15)16)4-8(7)24-11/h3-4H,2H2,1H3,(H,20,23)(H,21,22)/t11-/m1/s1. The Hall–Kier alpha value is -2.46. The van der Waals surface area contributed by atoms with Crippen LogP contribution in [0.1, 0.15) is 29.3 Å². The maximum absolute atomic E-state index is 13.2. The lowest BCUT2D eigenvalue weighted by atomic mass is 9.95. The molecule has 24 heavy (non-hydrogen) atoms. The zero-order valence-corrected chi connectivity index (χ0v) is 11.8. The fourth-order valence-electron chi connectivity index (χ4n) is 2.25. The van der Waals surface area contributed by atoms with Gasteiger partial charge in [-0.2, -0.15) is 26.3 Å². The number of nitrogens with one attached hydrogen (secondary N) is 1. The van der Waals surface area contributed by atoms with Crippen LogP contribution in [0.4, 0.5) is 32.0 Å². The van der Waals surface area contributed by atoms with E-state index in [0.717, 1.165) is 6.92 Å². The molecular weight excluding hydrogens is 348 g/mol. The number of carbonyl (C=O) groups excluding carboxylic acids is 1. The number of alkyl halides is 6. The number of amides is 1. The molecule has 2 rings (SSSR count). The van der Waals surface area contributed by atoms with Crippen LogP contribution in [0.15, 0.2) is 12.1 Å². The number of aromatic carboxylic acids is 1. The molecule has 2 N–H and O–H groups in total. The highest BCUT2D eigenvalue weighted by Crippen LogP contribution is 2.46. The smallest absolute Gasteiger partial charge is 0.437 e. The molecule has 5 nitrogen and oxygen atoms in total. The van der Waals surface area contributed by atoms with Crippen molar-refractivity contribution in [2.75, 3.05) is 5.32 Å². The molecule has 132 valence electrons. The van der Waals surface area contributed by atoms with Gasteiger partial charge in [-0.05, 0) is 12.1 Å². The number of fused-ring (bicyclic) bond motifs is 1. The summed E-state index contributed by atoms with van der Waals surface area (Å²) < 4.78 is 82.9. The van der Waals surface area contributed by atoms with E-state index >= 15 is 0 Å². The van der Waals surface area contributed by atoms with Crippen LogP contribution in [-0.4, -0.2) is 28.8 Å². The number of ether oxygens (including phenoxy) is 1. The molecule has 1 aliphatic rings. The summed E-state index contributed by atoms with van der Waals surface area (Å²) in [6.07, 6.45) is -11.2. The highest BCUT2D eigenvalue weighted by atomic mass is 19.4. The van der Waals surface area contributed by atoms with Crippen molar-refractivity contribution in [3.05, 3.63) is 23.3 Å². The summed E-state index contributed by atoms with van der Waals surface area (Å²) in [5.74, 6) is -4.50. The first-order valence-corrected chi connectivity index (χ1v) is 6.39. The summed E-state index contributed by atoms with van der Waals surface area (Å²) in [5, 5.41) is 10.6. The van der Waals surface area contributed by atoms with Gasteiger partial charge in [0.1, 0.15) is 5.75 Å². The minimum absolute atomic E-state index is 0.133. The van der Waals surface area contributed by atoms with Crippen molar-refractivity contribution in [3.8, 4) is 5.75 Å². The van der Waals surface area contributed by atoms with Crippen molar-refractivity contribution in [3.63, 3.8) is 0 Å². The summed E-state index contributed by atoms with van der Waals surface area (Å²) >= 11 is 0. The topological polar surface area (TPSA) is 75.6 Å². The molecule has 1 aromatic carbocycles. The lowest BCUT2D eigenvalue weighted by molar-refractivity contribution is -0.241. The number of rotatable bonds is 2. The monoisotopic (exact) mass is 357 g/mol. The maximum Gasteiger partial charge on any atom is 0.437 e. The van der Waals surface area contributed by atoms with Crippen molar-refractivity contribution in [2.45, 2.75) is 31.3 Å². The lowest BCUT2D eigenvalue weighted by Gasteiger charge is -2.38. The zero-order valence-electron chi connectivity index (χ0n) is 11.8. The Labute approximate surface area is 130 Å². The van der Waals surface area contributed by atoms with Crippen LogP contribution in [0.2, 0.25) is 0 Å². The molecule has 0 bridgehead atoms. The quantitative estimate of drug-likeness (QED) is 0.795. The van der Waals surface area contributed by atoms with E-state index in [-0.39, 0.29) is 6.07 Å². The van der Waals surface area contributed by atoms with Crippen LogP contribution in [0.3, 0.4) is 0 Å². The third kappa shape index (κ3) is 2.63. The van der Waals surface area contributed by atoms with Gasteiger partial charge >= 0.3 is 18.3 Å². The third-order valence-corrected chi connectivity index (χ3v) is 3.51. The summed E-state index contributed by atoms with van der Waals surface area (Å²) in [4.78, 5) is 22.7. The first-order chi connectivity index (χ1) is 10.8. The number of carboxylic acids is 1. The van der Waals surface area contributed by atoms with E-state index in [4.69, 9.17) is 5.11 Å². The predicted octanol–water partition coefficient (Wildman–Crippen LogP) is 3.45. The van der Waals surface area contributed by atoms with Crippen molar-refractivity contribution in [2.24, 2.45) is 0 Å². The number of carbonyl (C=O) groups is 2. The molecule has 1 amide bonds. The largest absolute Gasteiger partial charge is 0.478 e. The van der Waals surface area contributed by atoms with Gasteiger partial charge in [0.25, 0.3) is 11.5 Å². The van der Waals surface area contributed by atoms with E-state index in [2.05, 4.69) is 4.74 Å². The number of anilines is 1. The van der Waals surface area contributed by atoms with Gasteiger partial charge in [0, 0.05) is 6.42 Å². The SMILES string of the molecule is CC[C@@]1(C(F)(F)F)Oc2cc(C(F)(F)F)c(C(=O)O)cc2NC1=O. The van der Waals surface area contributed by atoms with Crippen molar-refractivity contribution in [1.29, 1.82) is 0 Å². The molecule has 1 atom stereocenters. The molecular formula is C13H9F6NO4. The molecule has 0 radical (unpaired) electrons. The van der Waals surface area contributed by atoms with Crippen LogP contribution in [0.5, 0.6) is 5.75 Å². The Morgan fingerprint density at radius 2 is 1.83 bits per heavy atom. The Morgan fingerprint density at radius 1 is 1.25 bits per heavy atom. The van der Waals surface area contributed by atoms with E-state index in [0.29, 0.717) is 6.07 Å². The van der Waals surface area contributed by atoms with Gasteiger partial charge in [-0.25, -0.2) is 4.79 Å². The molecule has 0 unspecified atom stereocenters. The van der Waals surface area contributed by atoms with Gasteiger partial charge < -0.3 is 15.2 Å². The van der Waals surface area contributed by atoms with Gasteiger partial charge in [-0.3, -0.25) is 4.79 Å². The van der Waals surface area contributed by atoms with Crippen molar-refractivity contribution < 1.29 is 45.8 Å². The van der Waals surface area contributed by atoms with Gasteiger partial charge in [0.05, 0.1) is 16.8 Å². The second-order valence-electron chi connectivity index (χ2n) is 4.93. The van der Waals surface area contributed by atoms with Crippen LogP contribution in [0, 0.1) is 0 Å². The minimum atomic E-state index is -5.19.